The molecule has 0 aliphatic carbocycles. The smallest absolute Gasteiger partial charge is 0.330 e. The topological polar surface area (TPSA) is 89.7 Å². The molecule has 8 heteroatoms. The third-order valence-electron chi connectivity index (χ3n) is 4.74. The fourth-order valence-corrected chi connectivity index (χ4v) is 5.00. The Balaban J connectivity index is 1.48. The van der Waals surface area contributed by atoms with E-state index in [4.69, 9.17) is 4.74 Å². The number of rotatable bonds is 5. The molecule has 0 saturated carbocycles. The SMILES string of the molecule is O=C(OCc1ccc([N+](=O)[O-])cc1)[C@@H]1[C@H](c2ccccc2)S[C@H]2CC(=O)N21. The summed E-state index contributed by atoms with van der Waals surface area (Å²) in [6.45, 7) is 0.00615. The maximum atomic E-state index is 12.8. The van der Waals surface area contributed by atoms with Gasteiger partial charge < -0.3 is 9.64 Å². The maximum Gasteiger partial charge on any atom is 0.330 e. The first-order valence-electron chi connectivity index (χ1n) is 8.46. The Bertz CT molecular complexity index is 887. The van der Waals surface area contributed by atoms with Crippen LogP contribution >= 0.6 is 11.8 Å². The Morgan fingerprint density at radius 1 is 1.19 bits per heavy atom. The quantitative estimate of drug-likeness (QED) is 0.341. The Morgan fingerprint density at radius 3 is 2.52 bits per heavy atom. The van der Waals surface area contributed by atoms with Crippen LogP contribution in [0.25, 0.3) is 0 Å². The number of carbonyl (C=O) groups excluding carboxylic acids is 2. The van der Waals surface area contributed by atoms with E-state index in [1.54, 1.807) is 28.8 Å². The number of β-lactam (4-membered cyclic amide) rings is 1. The number of non-ortho nitro benzene ring substituents is 1. The van der Waals surface area contributed by atoms with E-state index < -0.39 is 16.9 Å². The second kappa shape index (κ2) is 7.03. The van der Waals surface area contributed by atoms with Crippen molar-refractivity contribution in [2.24, 2.45) is 0 Å². The molecule has 0 unspecified atom stereocenters. The van der Waals surface area contributed by atoms with Gasteiger partial charge in [0.15, 0.2) is 0 Å². The van der Waals surface area contributed by atoms with Gasteiger partial charge in [0.05, 0.1) is 22.0 Å². The van der Waals surface area contributed by atoms with Gasteiger partial charge >= 0.3 is 5.97 Å². The number of esters is 1. The lowest BCUT2D eigenvalue weighted by Crippen LogP contribution is -2.54. The van der Waals surface area contributed by atoms with E-state index in [-0.39, 0.29) is 28.8 Å². The van der Waals surface area contributed by atoms with Crippen LogP contribution < -0.4 is 0 Å². The van der Waals surface area contributed by atoms with Gasteiger partial charge in [0.1, 0.15) is 12.6 Å². The summed E-state index contributed by atoms with van der Waals surface area (Å²) in [5.41, 5.74) is 1.62. The average Bonchev–Trinajstić information content (AvgIpc) is 3.00. The van der Waals surface area contributed by atoms with E-state index in [9.17, 15) is 19.7 Å². The van der Waals surface area contributed by atoms with Crippen molar-refractivity contribution >= 4 is 29.3 Å². The van der Waals surface area contributed by atoms with E-state index in [1.807, 2.05) is 30.3 Å². The summed E-state index contributed by atoms with van der Waals surface area (Å²) in [4.78, 5) is 36.6. The maximum absolute atomic E-state index is 12.8. The summed E-state index contributed by atoms with van der Waals surface area (Å²) in [6, 6.07) is 14.8. The highest BCUT2D eigenvalue weighted by atomic mass is 32.2. The summed E-state index contributed by atoms with van der Waals surface area (Å²) in [7, 11) is 0. The summed E-state index contributed by atoms with van der Waals surface area (Å²) in [6.07, 6.45) is 0.445. The summed E-state index contributed by atoms with van der Waals surface area (Å²) in [5.74, 6) is -0.492. The Kier molecular flexibility index (Phi) is 4.57. The van der Waals surface area contributed by atoms with Crippen molar-refractivity contribution in [2.75, 3.05) is 0 Å². The fourth-order valence-electron chi connectivity index (χ4n) is 3.33. The van der Waals surface area contributed by atoms with Crippen LogP contribution in [0.3, 0.4) is 0 Å². The number of ether oxygens (including phenoxy) is 1. The zero-order valence-corrected chi connectivity index (χ0v) is 15.0. The van der Waals surface area contributed by atoms with Crippen molar-refractivity contribution in [2.45, 2.75) is 29.7 Å². The molecule has 2 aromatic rings. The molecule has 0 aromatic heterocycles. The molecule has 2 heterocycles. The molecular weight excluding hydrogens is 368 g/mol. The van der Waals surface area contributed by atoms with Gasteiger partial charge in [0.2, 0.25) is 5.91 Å². The first kappa shape index (κ1) is 17.5. The van der Waals surface area contributed by atoms with Crippen LogP contribution in [0.4, 0.5) is 5.69 Å². The van der Waals surface area contributed by atoms with Crippen molar-refractivity contribution in [3.63, 3.8) is 0 Å². The number of thioether (sulfide) groups is 1. The molecule has 0 bridgehead atoms. The van der Waals surface area contributed by atoms with E-state index in [1.165, 1.54) is 12.1 Å². The van der Waals surface area contributed by atoms with Crippen LogP contribution in [-0.4, -0.2) is 33.1 Å². The molecule has 0 radical (unpaired) electrons. The minimum Gasteiger partial charge on any atom is -0.459 e. The molecular formula is C19H16N2O5S. The molecule has 2 aliphatic rings. The summed E-state index contributed by atoms with van der Waals surface area (Å²) >= 11 is 1.61. The normalized spacial score (nSPS) is 23.5. The van der Waals surface area contributed by atoms with Gasteiger partial charge in [-0.25, -0.2) is 4.79 Å². The zero-order valence-electron chi connectivity index (χ0n) is 14.2. The number of nitro groups is 1. The number of nitrogens with zero attached hydrogens (tertiary/aromatic N) is 2. The van der Waals surface area contributed by atoms with Gasteiger partial charge in [-0.3, -0.25) is 14.9 Å². The van der Waals surface area contributed by atoms with E-state index in [0.717, 1.165) is 5.56 Å². The molecule has 2 aliphatic heterocycles. The number of benzene rings is 2. The number of nitro benzene ring substituents is 1. The molecule has 3 atom stereocenters. The molecule has 1 amide bonds. The summed E-state index contributed by atoms with van der Waals surface area (Å²) in [5, 5.41) is 10.6. The van der Waals surface area contributed by atoms with Gasteiger partial charge in [-0.1, -0.05) is 30.3 Å². The van der Waals surface area contributed by atoms with Crippen molar-refractivity contribution in [3.05, 3.63) is 75.8 Å². The highest BCUT2D eigenvalue weighted by Crippen LogP contribution is 2.52. The minimum absolute atomic E-state index is 0.00615. The molecule has 2 aromatic carbocycles. The third kappa shape index (κ3) is 3.28. The van der Waals surface area contributed by atoms with E-state index in [0.29, 0.717) is 12.0 Å². The molecule has 0 spiro atoms. The van der Waals surface area contributed by atoms with E-state index in [2.05, 4.69) is 0 Å². The number of hydrogen-bond acceptors (Lipinski definition) is 6. The van der Waals surface area contributed by atoms with Crippen LogP contribution in [0.5, 0.6) is 0 Å². The number of amides is 1. The predicted molar refractivity (Wildman–Crippen MR) is 98.7 cm³/mol. The van der Waals surface area contributed by atoms with Gasteiger partial charge in [0, 0.05) is 12.1 Å². The van der Waals surface area contributed by atoms with Gasteiger partial charge in [0.25, 0.3) is 5.69 Å². The molecule has 0 N–H and O–H groups in total. The molecule has 138 valence electrons. The largest absolute Gasteiger partial charge is 0.459 e. The first-order chi connectivity index (χ1) is 13.0. The van der Waals surface area contributed by atoms with Crippen molar-refractivity contribution in [1.82, 2.24) is 4.90 Å². The van der Waals surface area contributed by atoms with Crippen molar-refractivity contribution in [1.29, 1.82) is 0 Å². The minimum atomic E-state index is -0.651. The second-order valence-electron chi connectivity index (χ2n) is 6.40. The molecule has 4 rings (SSSR count). The lowest BCUT2D eigenvalue weighted by atomic mass is 10.0. The molecule has 2 saturated heterocycles. The van der Waals surface area contributed by atoms with Crippen LogP contribution in [-0.2, 0) is 20.9 Å². The lowest BCUT2D eigenvalue weighted by Gasteiger charge is -2.36. The van der Waals surface area contributed by atoms with Gasteiger partial charge in [-0.05, 0) is 23.3 Å². The van der Waals surface area contributed by atoms with E-state index >= 15 is 0 Å². The highest BCUT2D eigenvalue weighted by Gasteiger charge is 2.55. The van der Waals surface area contributed by atoms with Crippen molar-refractivity contribution < 1.29 is 19.2 Å². The summed E-state index contributed by atoms with van der Waals surface area (Å²) < 4.78 is 5.45. The van der Waals surface area contributed by atoms with Gasteiger partial charge in [-0.2, -0.15) is 0 Å². The predicted octanol–water partition coefficient (Wildman–Crippen LogP) is 3.05. The van der Waals surface area contributed by atoms with Crippen LogP contribution in [0, 0.1) is 10.1 Å². The van der Waals surface area contributed by atoms with Crippen LogP contribution in [0.2, 0.25) is 0 Å². The molecule has 2 fully saturated rings. The van der Waals surface area contributed by atoms with Crippen molar-refractivity contribution in [3.8, 4) is 0 Å². The fraction of sp³-hybridized carbons (Fsp3) is 0.263. The third-order valence-corrected chi connectivity index (χ3v) is 6.27. The highest BCUT2D eigenvalue weighted by molar-refractivity contribution is 8.00. The van der Waals surface area contributed by atoms with Crippen LogP contribution in [0.1, 0.15) is 22.8 Å². The first-order valence-corrected chi connectivity index (χ1v) is 9.40. The monoisotopic (exact) mass is 384 g/mol. The average molecular weight is 384 g/mol. The standard InChI is InChI=1S/C19H16N2O5S/c22-15-10-16-20(15)17(18(27-16)13-4-2-1-3-5-13)19(23)26-11-12-6-8-14(9-7-12)21(24)25/h1-9,16-18H,10-11H2/t16-,17-,18-/m0/s1. The zero-order chi connectivity index (χ0) is 19.0. The lowest BCUT2D eigenvalue weighted by molar-refractivity contribution is -0.384. The number of hydrogen-bond donors (Lipinski definition) is 0. The molecule has 7 nitrogen and oxygen atoms in total. The second-order valence-corrected chi connectivity index (χ2v) is 7.73. The Morgan fingerprint density at radius 2 is 1.89 bits per heavy atom. The van der Waals surface area contributed by atoms with Gasteiger partial charge in [-0.15, -0.1) is 11.8 Å². The number of fused-ring (bicyclic) bond motifs is 1. The molecule has 27 heavy (non-hydrogen) atoms. The number of carbonyl (C=O) groups is 2. The van der Waals surface area contributed by atoms with Crippen LogP contribution in [0.15, 0.2) is 54.6 Å². The Hall–Kier alpha value is -2.87. The Labute approximate surface area is 159 Å².